The number of rotatable bonds is 3. The fourth-order valence-corrected chi connectivity index (χ4v) is 5.01. The zero-order chi connectivity index (χ0) is 20.1. The van der Waals surface area contributed by atoms with Gasteiger partial charge >= 0.3 is 6.03 Å². The van der Waals surface area contributed by atoms with E-state index in [9.17, 15) is 14.4 Å². The van der Waals surface area contributed by atoms with Gasteiger partial charge in [0, 0.05) is 11.1 Å². The van der Waals surface area contributed by atoms with Gasteiger partial charge in [-0.25, -0.2) is 4.79 Å². The Hall–Kier alpha value is -2.90. The highest BCUT2D eigenvalue weighted by molar-refractivity contribution is 6.10. The van der Waals surface area contributed by atoms with Crippen LogP contribution in [0.15, 0.2) is 24.4 Å². The molecular formula is C20H25N5O3. The molecule has 28 heavy (non-hydrogen) atoms. The molecule has 1 aromatic heterocycles. The number of benzene rings is 1. The number of nitrogens with zero attached hydrogens (tertiary/aromatic N) is 2. The number of hydrogen-bond acceptors (Lipinski definition) is 4. The van der Waals surface area contributed by atoms with Crippen molar-refractivity contribution in [3.8, 4) is 0 Å². The fourth-order valence-electron chi connectivity index (χ4n) is 5.01. The number of nitrogens with one attached hydrogen (secondary N) is 3. The fraction of sp³-hybridized carbons (Fsp3) is 0.500. The molecule has 1 aromatic carbocycles. The molecule has 2 aliphatic rings. The third-order valence-electron chi connectivity index (χ3n) is 5.65. The molecule has 2 atom stereocenters. The van der Waals surface area contributed by atoms with E-state index in [4.69, 9.17) is 0 Å². The SMILES string of the molecule is CC1CC(C)(C)CC2(C1)NC(=O)N(CC(=O)Nc1ccc3[nH]ncc3c1)C2=O. The van der Waals surface area contributed by atoms with E-state index in [2.05, 4.69) is 41.6 Å². The molecule has 1 aliphatic carbocycles. The number of aromatic nitrogens is 2. The summed E-state index contributed by atoms with van der Waals surface area (Å²) >= 11 is 0. The zero-order valence-corrected chi connectivity index (χ0v) is 16.3. The first kappa shape index (κ1) is 18.5. The molecular weight excluding hydrogens is 358 g/mol. The van der Waals surface area contributed by atoms with Crippen molar-refractivity contribution in [2.45, 2.75) is 45.6 Å². The van der Waals surface area contributed by atoms with Crippen LogP contribution in [0.3, 0.4) is 0 Å². The topological polar surface area (TPSA) is 107 Å². The standard InChI is InChI=1S/C20H25N5O3/c1-12-7-19(2,3)11-20(8-12)17(27)25(18(28)23-20)10-16(26)22-14-4-5-15-13(6-14)9-21-24-15/h4-6,9,12H,7-8,10-11H2,1-3H3,(H,21,24)(H,22,26)(H,23,28). The van der Waals surface area contributed by atoms with Crippen LogP contribution in [0.5, 0.6) is 0 Å². The van der Waals surface area contributed by atoms with Gasteiger partial charge in [0.15, 0.2) is 0 Å². The first-order valence-electron chi connectivity index (χ1n) is 9.55. The van der Waals surface area contributed by atoms with E-state index in [0.717, 1.165) is 22.2 Å². The van der Waals surface area contributed by atoms with E-state index < -0.39 is 17.5 Å². The van der Waals surface area contributed by atoms with Crippen LogP contribution in [0.1, 0.15) is 40.0 Å². The normalized spacial score (nSPS) is 26.7. The first-order valence-corrected chi connectivity index (χ1v) is 9.55. The van der Waals surface area contributed by atoms with Crippen molar-refractivity contribution in [2.75, 3.05) is 11.9 Å². The molecule has 4 amide bonds. The smallest absolute Gasteiger partial charge is 0.325 e. The lowest BCUT2D eigenvalue weighted by atomic mass is 9.64. The monoisotopic (exact) mass is 383 g/mol. The predicted octanol–water partition coefficient (Wildman–Crippen LogP) is 2.64. The minimum atomic E-state index is -0.895. The third kappa shape index (κ3) is 3.23. The van der Waals surface area contributed by atoms with Crippen LogP contribution in [0.25, 0.3) is 10.9 Å². The van der Waals surface area contributed by atoms with Gasteiger partial charge in [0.2, 0.25) is 5.91 Å². The molecule has 2 unspecified atom stereocenters. The minimum absolute atomic E-state index is 0.0428. The van der Waals surface area contributed by atoms with Gasteiger partial charge in [-0.15, -0.1) is 0 Å². The largest absolute Gasteiger partial charge is 0.325 e. The highest BCUT2D eigenvalue weighted by Gasteiger charge is 2.56. The summed E-state index contributed by atoms with van der Waals surface area (Å²) in [6.07, 6.45) is 3.87. The molecule has 0 bridgehead atoms. The van der Waals surface area contributed by atoms with Crippen molar-refractivity contribution in [1.29, 1.82) is 0 Å². The van der Waals surface area contributed by atoms with Crippen LogP contribution in [0.2, 0.25) is 0 Å². The van der Waals surface area contributed by atoms with Gasteiger partial charge in [0.25, 0.3) is 5.91 Å². The minimum Gasteiger partial charge on any atom is -0.325 e. The van der Waals surface area contributed by atoms with Crippen LogP contribution in [-0.4, -0.2) is 45.0 Å². The van der Waals surface area contributed by atoms with E-state index in [0.29, 0.717) is 24.4 Å². The maximum absolute atomic E-state index is 13.1. The molecule has 1 spiro atoms. The summed E-state index contributed by atoms with van der Waals surface area (Å²) < 4.78 is 0. The Morgan fingerprint density at radius 3 is 2.86 bits per heavy atom. The second kappa shape index (κ2) is 6.32. The molecule has 8 nitrogen and oxygen atoms in total. The number of carbonyl (C=O) groups is 3. The van der Waals surface area contributed by atoms with Crippen LogP contribution in [-0.2, 0) is 9.59 Å². The molecule has 1 saturated carbocycles. The van der Waals surface area contributed by atoms with E-state index in [1.165, 1.54) is 0 Å². The Morgan fingerprint density at radius 2 is 2.11 bits per heavy atom. The lowest BCUT2D eigenvalue weighted by Crippen LogP contribution is -2.54. The number of amides is 4. The van der Waals surface area contributed by atoms with Crippen LogP contribution in [0.4, 0.5) is 10.5 Å². The maximum Gasteiger partial charge on any atom is 0.325 e. The van der Waals surface area contributed by atoms with Crippen molar-refractivity contribution in [1.82, 2.24) is 20.4 Å². The second-order valence-corrected chi connectivity index (χ2v) is 8.98. The molecule has 0 radical (unpaired) electrons. The Balaban J connectivity index is 1.47. The van der Waals surface area contributed by atoms with Crippen molar-refractivity contribution in [3.05, 3.63) is 24.4 Å². The highest BCUT2D eigenvalue weighted by Crippen LogP contribution is 2.46. The lowest BCUT2D eigenvalue weighted by molar-refractivity contribution is -0.136. The van der Waals surface area contributed by atoms with E-state index in [1.807, 2.05) is 6.07 Å². The number of carbonyl (C=O) groups excluding carboxylic acids is 3. The summed E-state index contributed by atoms with van der Waals surface area (Å²) in [6, 6.07) is 4.86. The number of urea groups is 1. The third-order valence-corrected chi connectivity index (χ3v) is 5.65. The molecule has 2 heterocycles. The number of anilines is 1. The highest BCUT2D eigenvalue weighted by atomic mass is 16.2. The Bertz CT molecular complexity index is 966. The molecule has 2 aromatic rings. The Kier molecular flexibility index (Phi) is 4.17. The van der Waals surface area contributed by atoms with Crippen molar-refractivity contribution in [3.63, 3.8) is 0 Å². The van der Waals surface area contributed by atoms with Gasteiger partial charge in [0.1, 0.15) is 12.1 Å². The molecule has 1 saturated heterocycles. The molecule has 2 fully saturated rings. The van der Waals surface area contributed by atoms with Crippen LogP contribution in [0, 0.1) is 11.3 Å². The van der Waals surface area contributed by atoms with Gasteiger partial charge in [0.05, 0.1) is 11.7 Å². The maximum atomic E-state index is 13.1. The van der Waals surface area contributed by atoms with Crippen LogP contribution >= 0.6 is 0 Å². The lowest BCUT2D eigenvalue weighted by Gasteiger charge is -2.43. The van der Waals surface area contributed by atoms with Crippen molar-refractivity contribution < 1.29 is 14.4 Å². The predicted molar refractivity (Wildman–Crippen MR) is 104 cm³/mol. The van der Waals surface area contributed by atoms with Gasteiger partial charge < -0.3 is 10.6 Å². The first-order chi connectivity index (χ1) is 13.2. The number of hydrogen-bond donors (Lipinski definition) is 3. The summed E-state index contributed by atoms with van der Waals surface area (Å²) in [4.78, 5) is 39.1. The summed E-state index contributed by atoms with van der Waals surface area (Å²) in [5, 5.41) is 13.3. The number of H-pyrrole nitrogens is 1. The Labute approximate surface area is 163 Å². The van der Waals surface area contributed by atoms with Gasteiger partial charge in [-0.05, 0) is 48.8 Å². The Morgan fingerprint density at radius 1 is 1.32 bits per heavy atom. The second-order valence-electron chi connectivity index (χ2n) is 8.98. The van der Waals surface area contributed by atoms with Crippen molar-refractivity contribution in [2.24, 2.45) is 11.3 Å². The van der Waals surface area contributed by atoms with E-state index in [1.54, 1.807) is 18.3 Å². The van der Waals surface area contributed by atoms with Gasteiger partial charge in [-0.2, -0.15) is 5.10 Å². The van der Waals surface area contributed by atoms with E-state index >= 15 is 0 Å². The average Bonchev–Trinajstić information content (AvgIpc) is 3.11. The molecule has 1 aliphatic heterocycles. The molecule has 4 rings (SSSR count). The summed E-state index contributed by atoms with van der Waals surface area (Å²) in [7, 11) is 0. The number of fused-ring (bicyclic) bond motifs is 1. The summed E-state index contributed by atoms with van der Waals surface area (Å²) in [6.45, 7) is 6.03. The van der Waals surface area contributed by atoms with Gasteiger partial charge in [-0.1, -0.05) is 20.8 Å². The van der Waals surface area contributed by atoms with Gasteiger partial charge in [-0.3, -0.25) is 19.6 Å². The zero-order valence-electron chi connectivity index (χ0n) is 16.3. The quantitative estimate of drug-likeness (QED) is 0.708. The molecule has 148 valence electrons. The van der Waals surface area contributed by atoms with Crippen molar-refractivity contribution >= 4 is 34.4 Å². The average molecular weight is 383 g/mol. The molecule has 3 N–H and O–H groups in total. The summed E-state index contributed by atoms with van der Waals surface area (Å²) in [5.41, 5.74) is 0.517. The number of imide groups is 1. The van der Waals surface area contributed by atoms with E-state index in [-0.39, 0.29) is 17.9 Å². The van der Waals surface area contributed by atoms with Crippen LogP contribution < -0.4 is 10.6 Å². The summed E-state index contributed by atoms with van der Waals surface area (Å²) in [5.74, 6) is -0.382. The molecule has 8 heteroatoms. The number of aromatic amines is 1.